The van der Waals surface area contributed by atoms with Crippen molar-refractivity contribution in [1.29, 1.82) is 0 Å². The van der Waals surface area contributed by atoms with Crippen LogP contribution in [0.2, 0.25) is 0 Å². The second kappa shape index (κ2) is 4.68. The maximum absolute atomic E-state index is 11.6. The maximum Gasteiger partial charge on any atom is 0.335 e. The van der Waals surface area contributed by atoms with Crippen LogP contribution < -0.4 is 10.2 Å². The van der Waals surface area contributed by atoms with E-state index in [2.05, 4.69) is 5.32 Å². The Morgan fingerprint density at radius 1 is 1.50 bits per heavy atom. The number of carboxylic acids is 1. The molecule has 0 spiro atoms. The molecule has 1 aliphatic heterocycles. The largest absolute Gasteiger partial charge is 0.478 e. The highest BCUT2D eigenvalue weighted by molar-refractivity contribution is 5.90. The molecule has 5 heteroatoms. The van der Waals surface area contributed by atoms with Gasteiger partial charge in [0.05, 0.1) is 5.56 Å². The first-order valence-corrected chi connectivity index (χ1v) is 5.89. The molecule has 2 N–H and O–H groups in total. The monoisotopic (exact) mass is 248 g/mol. The quantitative estimate of drug-likeness (QED) is 0.819. The van der Waals surface area contributed by atoms with Gasteiger partial charge in [-0.1, -0.05) is 0 Å². The number of benzene rings is 1. The van der Waals surface area contributed by atoms with Crippen LogP contribution >= 0.6 is 0 Å². The van der Waals surface area contributed by atoms with Crippen LogP contribution in [0, 0.1) is 6.92 Å². The predicted octanol–water partition coefficient (Wildman–Crippen LogP) is 1.02. The van der Waals surface area contributed by atoms with E-state index in [-0.39, 0.29) is 11.9 Å². The molecule has 1 saturated heterocycles. The summed E-state index contributed by atoms with van der Waals surface area (Å²) in [6.45, 7) is 4.96. The second-order valence-corrected chi connectivity index (χ2v) is 4.46. The number of nitrogens with zero attached hydrogens (tertiary/aromatic N) is 1. The van der Waals surface area contributed by atoms with E-state index in [0.29, 0.717) is 17.7 Å². The molecule has 1 atom stereocenters. The number of carboxylic acid groups (broad SMARTS) is 1. The molecule has 1 aliphatic rings. The molecule has 1 unspecified atom stereocenters. The fourth-order valence-corrected chi connectivity index (χ4v) is 2.20. The molecule has 18 heavy (non-hydrogen) atoms. The molecule has 0 aromatic heterocycles. The van der Waals surface area contributed by atoms with Crippen LogP contribution in [-0.4, -0.2) is 36.1 Å². The SMILES string of the molecule is Cc1cc(N2CCNC(=O)C2C)ccc1C(=O)O. The topological polar surface area (TPSA) is 69.6 Å². The van der Waals surface area contributed by atoms with Gasteiger partial charge in [0.2, 0.25) is 5.91 Å². The van der Waals surface area contributed by atoms with Gasteiger partial charge >= 0.3 is 5.97 Å². The van der Waals surface area contributed by atoms with E-state index < -0.39 is 5.97 Å². The van der Waals surface area contributed by atoms with Crippen molar-refractivity contribution >= 4 is 17.6 Å². The summed E-state index contributed by atoms with van der Waals surface area (Å²) in [4.78, 5) is 24.5. The summed E-state index contributed by atoms with van der Waals surface area (Å²) in [5.74, 6) is -0.926. The van der Waals surface area contributed by atoms with E-state index in [1.54, 1.807) is 19.1 Å². The maximum atomic E-state index is 11.6. The highest BCUT2D eigenvalue weighted by Gasteiger charge is 2.25. The van der Waals surface area contributed by atoms with Crippen LogP contribution in [0.5, 0.6) is 0 Å². The van der Waals surface area contributed by atoms with Crippen LogP contribution in [0.3, 0.4) is 0 Å². The van der Waals surface area contributed by atoms with Crippen molar-refractivity contribution in [3.8, 4) is 0 Å². The first-order chi connectivity index (χ1) is 8.50. The number of aromatic carboxylic acids is 1. The average Bonchev–Trinajstić information content (AvgIpc) is 2.32. The Labute approximate surface area is 105 Å². The summed E-state index contributed by atoms with van der Waals surface area (Å²) < 4.78 is 0. The lowest BCUT2D eigenvalue weighted by molar-refractivity contribution is -0.122. The lowest BCUT2D eigenvalue weighted by atomic mass is 10.1. The number of nitrogens with one attached hydrogen (secondary N) is 1. The Kier molecular flexibility index (Phi) is 3.23. The van der Waals surface area contributed by atoms with Crippen molar-refractivity contribution in [2.45, 2.75) is 19.9 Å². The zero-order chi connectivity index (χ0) is 13.3. The van der Waals surface area contributed by atoms with Gasteiger partial charge in [-0.3, -0.25) is 4.79 Å². The number of anilines is 1. The molecule has 1 aromatic rings. The molecule has 0 saturated carbocycles. The molecule has 1 aromatic carbocycles. The van der Waals surface area contributed by atoms with Gasteiger partial charge < -0.3 is 15.3 Å². The fourth-order valence-electron chi connectivity index (χ4n) is 2.20. The van der Waals surface area contributed by atoms with E-state index in [1.807, 2.05) is 17.9 Å². The number of hydrogen-bond acceptors (Lipinski definition) is 3. The van der Waals surface area contributed by atoms with Crippen molar-refractivity contribution in [3.05, 3.63) is 29.3 Å². The van der Waals surface area contributed by atoms with Crippen molar-refractivity contribution < 1.29 is 14.7 Å². The smallest absolute Gasteiger partial charge is 0.335 e. The fraction of sp³-hybridized carbons (Fsp3) is 0.385. The summed E-state index contributed by atoms with van der Waals surface area (Å²) in [6, 6.07) is 4.94. The van der Waals surface area contributed by atoms with E-state index in [4.69, 9.17) is 5.11 Å². The average molecular weight is 248 g/mol. The van der Waals surface area contributed by atoms with Crippen LogP contribution in [0.4, 0.5) is 5.69 Å². The third kappa shape index (κ3) is 2.16. The van der Waals surface area contributed by atoms with Gasteiger partial charge in [-0.25, -0.2) is 4.79 Å². The Bertz CT molecular complexity index is 499. The molecule has 96 valence electrons. The van der Waals surface area contributed by atoms with Gasteiger partial charge in [0.15, 0.2) is 0 Å². The van der Waals surface area contributed by atoms with E-state index >= 15 is 0 Å². The van der Waals surface area contributed by atoms with Gasteiger partial charge in [0.1, 0.15) is 6.04 Å². The summed E-state index contributed by atoms with van der Waals surface area (Å²) in [6.07, 6.45) is 0. The summed E-state index contributed by atoms with van der Waals surface area (Å²) in [7, 11) is 0. The van der Waals surface area contributed by atoms with Crippen LogP contribution in [0.25, 0.3) is 0 Å². The molecule has 0 bridgehead atoms. The minimum absolute atomic E-state index is 0.00112. The molecule has 2 rings (SSSR count). The number of rotatable bonds is 2. The van der Waals surface area contributed by atoms with Crippen molar-refractivity contribution in [2.75, 3.05) is 18.0 Å². The normalized spacial score (nSPS) is 19.6. The third-order valence-electron chi connectivity index (χ3n) is 3.27. The minimum atomic E-state index is -0.927. The first kappa shape index (κ1) is 12.4. The van der Waals surface area contributed by atoms with Gasteiger partial charge in [0, 0.05) is 18.8 Å². The van der Waals surface area contributed by atoms with Gasteiger partial charge in [-0.05, 0) is 37.6 Å². The molecule has 0 radical (unpaired) electrons. The summed E-state index contributed by atoms with van der Waals surface area (Å²) in [5.41, 5.74) is 1.89. The molecule has 5 nitrogen and oxygen atoms in total. The number of hydrogen-bond donors (Lipinski definition) is 2. The summed E-state index contributed by atoms with van der Waals surface area (Å²) in [5, 5.41) is 11.8. The van der Waals surface area contributed by atoms with Gasteiger partial charge in [0.25, 0.3) is 0 Å². The Morgan fingerprint density at radius 3 is 2.83 bits per heavy atom. The molecule has 1 fully saturated rings. The molecular weight excluding hydrogens is 232 g/mol. The lowest BCUT2D eigenvalue weighted by Gasteiger charge is -2.35. The summed E-state index contributed by atoms with van der Waals surface area (Å²) >= 11 is 0. The first-order valence-electron chi connectivity index (χ1n) is 5.89. The number of amides is 1. The van der Waals surface area contributed by atoms with Gasteiger partial charge in [-0.15, -0.1) is 0 Å². The van der Waals surface area contributed by atoms with Crippen LogP contribution in [-0.2, 0) is 4.79 Å². The standard InChI is InChI=1S/C13H16N2O3/c1-8-7-10(3-4-11(8)13(17)18)15-6-5-14-12(16)9(15)2/h3-4,7,9H,5-6H2,1-2H3,(H,14,16)(H,17,18). The van der Waals surface area contributed by atoms with Crippen LogP contribution in [0.15, 0.2) is 18.2 Å². The third-order valence-corrected chi connectivity index (χ3v) is 3.27. The highest BCUT2D eigenvalue weighted by atomic mass is 16.4. The Morgan fingerprint density at radius 2 is 2.22 bits per heavy atom. The zero-order valence-corrected chi connectivity index (χ0v) is 10.4. The Hall–Kier alpha value is -2.04. The Balaban J connectivity index is 2.31. The van der Waals surface area contributed by atoms with Crippen molar-refractivity contribution in [3.63, 3.8) is 0 Å². The molecule has 1 amide bonds. The van der Waals surface area contributed by atoms with Crippen LogP contribution in [0.1, 0.15) is 22.8 Å². The van der Waals surface area contributed by atoms with Gasteiger partial charge in [-0.2, -0.15) is 0 Å². The predicted molar refractivity (Wildman–Crippen MR) is 68.0 cm³/mol. The van der Waals surface area contributed by atoms with Crippen molar-refractivity contribution in [2.24, 2.45) is 0 Å². The molecular formula is C13H16N2O3. The number of carbonyl (C=O) groups is 2. The second-order valence-electron chi connectivity index (χ2n) is 4.46. The van der Waals surface area contributed by atoms with Crippen molar-refractivity contribution in [1.82, 2.24) is 5.32 Å². The number of piperazine rings is 1. The lowest BCUT2D eigenvalue weighted by Crippen LogP contribution is -2.54. The zero-order valence-electron chi connectivity index (χ0n) is 10.4. The van der Waals surface area contributed by atoms with E-state index in [1.165, 1.54) is 0 Å². The minimum Gasteiger partial charge on any atom is -0.478 e. The number of carbonyl (C=O) groups excluding carboxylic acids is 1. The van der Waals surface area contributed by atoms with E-state index in [0.717, 1.165) is 12.2 Å². The molecule has 0 aliphatic carbocycles. The van der Waals surface area contributed by atoms with E-state index in [9.17, 15) is 9.59 Å². The number of aryl methyl sites for hydroxylation is 1. The molecule has 1 heterocycles. The highest BCUT2D eigenvalue weighted by Crippen LogP contribution is 2.22.